The van der Waals surface area contributed by atoms with Gasteiger partial charge in [-0.25, -0.2) is 4.18 Å². The molecule has 0 saturated carbocycles. The molecule has 7 N–H and O–H groups in total. The number of amides is 1. The fourth-order valence-electron chi connectivity index (χ4n) is 8.34. The van der Waals surface area contributed by atoms with Crippen LogP contribution in [0.15, 0.2) is 12.2 Å². The van der Waals surface area contributed by atoms with Crippen LogP contribution in [0.2, 0.25) is 0 Å². The zero-order valence-corrected chi connectivity index (χ0v) is 40.6. The monoisotopic (exact) mass is 922 g/mol. The smallest absolute Gasteiger partial charge is 0.394 e. The molecule has 0 bridgehead atoms. The first kappa shape index (κ1) is 59.8. The van der Waals surface area contributed by atoms with Gasteiger partial charge in [0.2, 0.25) is 5.91 Å². The minimum atomic E-state index is -5.12. The van der Waals surface area contributed by atoms with Crippen LogP contribution in [-0.4, -0.2) is 107 Å². The zero-order valence-electron chi connectivity index (χ0n) is 39.8. The Bertz CT molecular complexity index is 1190. The predicted octanol–water partition coefficient (Wildman–Crippen LogP) is 9.70. The first-order chi connectivity index (χ1) is 30.4. The number of aliphatic hydroxyl groups is 5. The van der Waals surface area contributed by atoms with Gasteiger partial charge in [0.15, 0.2) is 6.29 Å². The van der Waals surface area contributed by atoms with Gasteiger partial charge in [-0.3, -0.25) is 9.35 Å². The molecule has 1 aliphatic heterocycles. The molecule has 1 heterocycles. The highest BCUT2D eigenvalue weighted by molar-refractivity contribution is 7.80. The van der Waals surface area contributed by atoms with Crippen LogP contribution >= 0.6 is 0 Å². The third kappa shape index (κ3) is 32.2. The van der Waals surface area contributed by atoms with Crippen molar-refractivity contribution in [2.24, 2.45) is 0 Å². The fourth-order valence-corrected chi connectivity index (χ4v) is 8.85. The minimum Gasteiger partial charge on any atom is -0.394 e. The van der Waals surface area contributed by atoms with E-state index in [1.807, 2.05) is 6.08 Å². The highest BCUT2D eigenvalue weighted by Crippen LogP contribution is 2.26. The van der Waals surface area contributed by atoms with Crippen molar-refractivity contribution in [1.82, 2.24) is 5.32 Å². The van der Waals surface area contributed by atoms with Gasteiger partial charge in [-0.1, -0.05) is 225 Å². The van der Waals surface area contributed by atoms with E-state index in [1.165, 1.54) is 161 Å². The molecule has 0 aromatic carbocycles. The largest absolute Gasteiger partial charge is 0.397 e. The lowest BCUT2D eigenvalue weighted by Crippen LogP contribution is -2.61. The van der Waals surface area contributed by atoms with Crippen LogP contribution in [0.25, 0.3) is 0 Å². The van der Waals surface area contributed by atoms with E-state index in [-0.39, 0.29) is 6.42 Å². The molecule has 1 fully saturated rings. The molecule has 13 nitrogen and oxygen atoms in total. The highest BCUT2D eigenvalue weighted by atomic mass is 32.3. The van der Waals surface area contributed by atoms with E-state index >= 15 is 0 Å². The fraction of sp³-hybridized carbons (Fsp3) is 0.939. The molecule has 1 saturated heterocycles. The summed E-state index contributed by atoms with van der Waals surface area (Å²) in [5, 5.41) is 55.3. The number of carbonyl (C=O) groups excluding carboxylic acids is 1. The van der Waals surface area contributed by atoms with Crippen molar-refractivity contribution in [1.29, 1.82) is 0 Å². The van der Waals surface area contributed by atoms with Crippen molar-refractivity contribution in [2.75, 3.05) is 13.2 Å². The maximum Gasteiger partial charge on any atom is 0.397 e. The number of unbranched alkanes of at least 4 members (excludes halogenated alkanes) is 31. The summed E-state index contributed by atoms with van der Waals surface area (Å²) in [6, 6.07) is -1.11. The van der Waals surface area contributed by atoms with Gasteiger partial charge in [0, 0.05) is 0 Å². The van der Waals surface area contributed by atoms with Gasteiger partial charge in [-0.05, 0) is 19.3 Å². The van der Waals surface area contributed by atoms with E-state index in [0.29, 0.717) is 12.8 Å². The Morgan fingerprint density at radius 3 is 1.43 bits per heavy atom. The molecular weight excluding hydrogens is 827 g/mol. The molecule has 0 aromatic rings. The van der Waals surface area contributed by atoms with Crippen LogP contribution in [0, 0.1) is 0 Å². The zero-order chi connectivity index (χ0) is 46.4. The van der Waals surface area contributed by atoms with E-state index in [1.54, 1.807) is 6.08 Å². The Morgan fingerprint density at radius 1 is 0.635 bits per heavy atom. The normalized spacial score (nSPS) is 20.9. The quantitative estimate of drug-likeness (QED) is 0.0173. The summed E-state index contributed by atoms with van der Waals surface area (Å²) in [7, 11) is -5.12. The lowest BCUT2D eigenvalue weighted by Gasteiger charge is -2.41. The average Bonchev–Trinajstić information content (AvgIpc) is 3.25. The molecule has 0 aliphatic carbocycles. The number of hydrogen-bond donors (Lipinski definition) is 7. The van der Waals surface area contributed by atoms with Crippen molar-refractivity contribution in [3.8, 4) is 0 Å². The number of nitrogens with one attached hydrogen (secondary N) is 1. The van der Waals surface area contributed by atoms with Crippen molar-refractivity contribution in [3.05, 3.63) is 12.2 Å². The number of rotatable bonds is 44. The van der Waals surface area contributed by atoms with Crippen LogP contribution in [0.1, 0.15) is 232 Å². The summed E-state index contributed by atoms with van der Waals surface area (Å²) in [5.74, 6) is -0.698. The molecule has 1 rings (SSSR count). The van der Waals surface area contributed by atoms with Crippen molar-refractivity contribution < 1.29 is 57.0 Å². The van der Waals surface area contributed by atoms with Crippen LogP contribution in [0.3, 0.4) is 0 Å². The first-order valence-corrected chi connectivity index (χ1v) is 27.0. The molecule has 14 heteroatoms. The molecule has 1 amide bonds. The number of carbonyl (C=O) groups is 1. The van der Waals surface area contributed by atoms with Gasteiger partial charge < -0.3 is 40.3 Å². The van der Waals surface area contributed by atoms with Gasteiger partial charge >= 0.3 is 10.4 Å². The molecule has 0 spiro atoms. The van der Waals surface area contributed by atoms with Gasteiger partial charge in [-0.2, -0.15) is 8.42 Å². The van der Waals surface area contributed by atoms with Gasteiger partial charge in [0.1, 0.15) is 30.5 Å². The number of allylic oxidation sites excluding steroid dienone is 1. The summed E-state index contributed by atoms with van der Waals surface area (Å²) in [6.07, 6.45) is 32.9. The second-order valence-corrected chi connectivity index (χ2v) is 19.3. The standard InChI is InChI=1S/C49H95NO12S/c1-3-5-7-9-11-13-15-17-19-20-21-22-23-24-26-28-30-32-34-36-38-43(53)48(56)50-41(40-60-49-46(55)47(62-63(57,58)59)45(54)44(39-51)61-49)42(52)37-35-33-31-29-27-25-18-16-14-12-10-8-6-4-2/h35,37,41-47,49,51-55H,3-34,36,38-40H2,1-2H3,(H,50,56)(H,57,58,59)/b37-35+. The van der Waals surface area contributed by atoms with E-state index in [2.05, 4.69) is 23.3 Å². The molecule has 8 atom stereocenters. The van der Waals surface area contributed by atoms with Gasteiger partial charge in [0.25, 0.3) is 0 Å². The summed E-state index contributed by atoms with van der Waals surface area (Å²) < 4.78 is 47.6. The number of ether oxygens (including phenoxy) is 2. The van der Waals surface area contributed by atoms with Gasteiger partial charge in [-0.15, -0.1) is 0 Å². The Labute approximate surface area is 383 Å². The van der Waals surface area contributed by atoms with Crippen LogP contribution < -0.4 is 5.32 Å². The maximum absolute atomic E-state index is 13.1. The minimum absolute atomic E-state index is 0.248. The van der Waals surface area contributed by atoms with E-state index in [4.69, 9.17) is 9.47 Å². The molecule has 0 radical (unpaired) electrons. The molecule has 0 aromatic heterocycles. The summed E-state index contributed by atoms with van der Waals surface area (Å²) >= 11 is 0. The summed E-state index contributed by atoms with van der Waals surface area (Å²) in [6.45, 7) is 3.24. The third-order valence-corrected chi connectivity index (χ3v) is 12.9. The van der Waals surface area contributed by atoms with E-state index < -0.39 is 78.5 Å². The lowest BCUT2D eigenvalue weighted by atomic mass is 9.99. The molecular formula is C49H95NO12S. The van der Waals surface area contributed by atoms with E-state index in [0.717, 1.165) is 38.5 Å². The molecule has 63 heavy (non-hydrogen) atoms. The lowest BCUT2D eigenvalue weighted by molar-refractivity contribution is -0.298. The summed E-state index contributed by atoms with van der Waals surface area (Å²) in [4.78, 5) is 13.1. The highest BCUT2D eigenvalue weighted by Gasteiger charge is 2.48. The SMILES string of the molecule is CCCCCCCCCCCCCC/C=C/C(O)C(COC1OC(CO)C(O)C(OS(=O)(=O)O)C1O)NC(=O)C(O)CCCCCCCCCCCCCCCCCCCCCC. The van der Waals surface area contributed by atoms with Crippen LogP contribution in [-0.2, 0) is 28.9 Å². The number of aliphatic hydroxyl groups excluding tert-OH is 5. The van der Waals surface area contributed by atoms with Crippen LogP contribution in [0.4, 0.5) is 0 Å². The topological polar surface area (TPSA) is 212 Å². The Morgan fingerprint density at radius 2 is 1.03 bits per heavy atom. The predicted molar refractivity (Wildman–Crippen MR) is 252 cm³/mol. The number of hydrogen-bond acceptors (Lipinski definition) is 11. The van der Waals surface area contributed by atoms with Crippen LogP contribution in [0.5, 0.6) is 0 Å². The Hall–Kier alpha value is -1.20. The Kier molecular flexibility index (Phi) is 37.9. The van der Waals surface area contributed by atoms with Crippen molar-refractivity contribution in [3.63, 3.8) is 0 Å². The summed E-state index contributed by atoms with van der Waals surface area (Å²) in [5.41, 5.74) is 0. The Balaban J connectivity index is 2.48. The second kappa shape index (κ2) is 39.9. The average molecular weight is 922 g/mol. The molecule has 374 valence electrons. The molecule has 1 aliphatic rings. The van der Waals surface area contributed by atoms with Crippen molar-refractivity contribution >= 4 is 16.3 Å². The van der Waals surface area contributed by atoms with Crippen molar-refractivity contribution in [2.45, 2.75) is 281 Å². The van der Waals surface area contributed by atoms with E-state index in [9.17, 15) is 43.3 Å². The van der Waals surface area contributed by atoms with Gasteiger partial charge in [0.05, 0.1) is 25.4 Å². The first-order valence-electron chi connectivity index (χ1n) is 25.7. The maximum atomic E-state index is 13.1. The third-order valence-electron chi connectivity index (χ3n) is 12.4. The molecule has 8 unspecified atom stereocenters. The second-order valence-electron chi connectivity index (χ2n) is 18.3.